The van der Waals surface area contributed by atoms with Crippen LogP contribution in [0.3, 0.4) is 0 Å². The maximum atomic E-state index is 5.74. The molecule has 1 atom stereocenters. The molecule has 0 N–H and O–H groups in total. The zero-order valence-electron chi connectivity index (χ0n) is 11.4. The zero-order valence-corrected chi connectivity index (χ0v) is 11.4. The minimum atomic E-state index is 0.425. The Morgan fingerprint density at radius 2 is 2.33 bits per heavy atom. The lowest BCUT2D eigenvalue weighted by Crippen LogP contribution is -2.32. The van der Waals surface area contributed by atoms with Crippen molar-refractivity contribution in [2.24, 2.45) is 0 Å². The van der Waals surface area contributed by atoms with Gasteiger partial charge in [-0.1, -0.05) is 12.1 Å². The molecule has 18 heavy (non-hydrogen) atoms. The first-order valence-corrected chi connectivity index (χ1v) is 6.73. The first-order valence-electron chi connectivity index (χ1n) is 6.73. The van der Waals surface area contributed by atoms with Crippen LogP contribution >= 0.6 is 0 Å². The first kappa shape index (κ1) is 13.4. The van der Waals surface area contributed by atoms with E-state index in [-0.39, 0.29) is 0 Å². The summed E-state index contributed by atoms with van der Waals surface area (Å²) in [5.74, 6) is 0.959. The van der Waals surface area contributed by atoms with Gasteiger partial charge in [-0.2, -0.15) is 0 Å². The summed E-state index contributed by atoms with van der Waals surface area (Å²) in [7, 11) is 2.13. The molecule has 1 aromatic rings. The minimum Gasteiger partial charge on any atom is -0.492 e. The van der Waals surface area contributed by atoms with Gasteiger partial charge in [-0.3, -0.25) is 0 Å². The molecule has 0 bridgehead atoms. The van der Waals surface area contributed by atoms with Gasteiger partial charge >= 0.3 is 0 Å². The second kappa shape index (κ2) is 6.76. The van der Waals surface area contributed by atoms with Gasteiger partial charge in [-0.25, -0.2) is 0 Å². The average molecular weight is 249 g/mol. The quantitative estimate of drug-likeness (QED) is 0.773. The molecule has 0 aliphatic carbocycles. The summed E-state index contributed by atoms with van der Waals surface area (Å²) in [6, 6.07) is 8.18. The van der Waals surface area contributed by atoms with Gasteiger partial charge in [0.1, 0.15) is 12.4 Å². The monoisotopic (exact) mass is 249 g/mol. The van der Waals surface area contributed by atoms with Gasteiger partial charge in [-0.15, -0.1) is 0 Å². The lowest BCUT2D eigenvalue weighted by molar-refractivity contribution is 0.0771. The zero-order chi connectivity index (χ0) is 12.8. The smallest absolute Gasteiger partial charge is 0.119 e. The highest BCUT2D eigenvalue weighted by Gasteiger charge is 2.16. The topological polar surface area (TPSA) is 21.7 Å². The van der Waals surface area contributed by atoms with E-state index in [2.05, 4.69) is 31.0 Å². The highest BCUT2D eigenvalue weighted by atomic mass is 16.5. The summed E-state index contributed by atoms with van der Waals surface area (Å²) < 4.78 is 11.4. The number of rotatable bonds is 6. The molecule has 100 valence electrons. The van der Waals surface area contributed by atoms with Crippen LogP contribution in [0.2, 0.25) is 0 Å². The second-order valence-corrected chi connectivity index (χ2v) is 5.06. The normalized spacial score (nSPS) is 19.4. The molecular formula is C15H23NO2. The van der Waals surface area contributed by atoms with Crippen molar-refractivity contribution in [2.75, 3.05) is 33.4 Å². The number of benzene rings is 1. The molecule has 1 aromatic carbocycles. The molecule has 0 radical (unpaired) electrons. The Labute approximate surface area is 110 Å². The molecule has 3 nitrogen and oxygen atoms in total. The van der Waals surface area contributed by atoms with Gasteiger partial charge in [0.25, 0.3) is 0 Å². The van der Waals surface area contributed by atoms with Crippen molar-refractivity contribution in [2.45, 2.75) is 25.9 Å². The molecule has 0 saturated carbocycles. The van der Waals surface area contributed by atoms with E-state index in [9.17, 15) is 0 Å². The van der Waals surface area contributed by atoms with Crippen LogP contribution in [-0.2, 0) is 4.74 Å². The second-order valence-electron chi connectivity index (χ2n) is 5.06. The van der Waals surface area contributed by atoms with Crippen LogP contribution in [0.5, 0.6) is 5.75 Å². The van der Waals surface area contributed by atoms with Gasteiger partial charge in [0, 0.05) is 19.7 Å². The third-order valence-corrected chi connectivity index (χ3v) is 3.27. The summed E-state index contributed by atoms with van der Waals surface area (Å²) in [5.41, 5.74) is 1.24. The van der Waals surface area contributed by atoms with Crippen molar-refractivity contribution < 1.29 is 9.47 Å². The average Bonchev–Trinajstić information content (AvgIpc) is 2.82. The summed E-state index contributed by atoms with van der Waals surface area (Å²) in [4.78, 5) is 2.28. The van der Waals surface area contributed by atoms with Crippen LogP contribution in [0.1, 0.15) is 18.4 Å². The number of hydrogen-bond donors (Lipinski definition) is 0. The third kappa shape index (κ3) is 4.31. The van der Waals surface area contributed by atoms with Crippen LogP contribution in [0.25, 0.3) is 0 Å². The van der Waals surface area contributed by atoms with Crippen molar-refractivity contribution in [3.05, 3.63) is 29.8 Å². The Bertz CT molecular complexity index is 361. The van der Waals surface area contributed by atoms with Crippen LogP contribution in [0, 0.1) is 6.92 Å². The molecular weight excluding hydrogens is 226 g/mol. The Morgan fingerprint density at radius 3 is 3.06 bits per heavy atom. The van der Waals surface area contributed by atoms with E-state index in [1.807, 2.05) is 12.1 Å². The van der Waals surface area contributed by atoms with Crippen LogP contribution in [0.4, 0.5) is 0 Å². The molecule has 0 spiro atoms. The molecule has 0 amide bonds. The number of likely N-dealkylation sites (N-methyl/N-ethyl adjacent to an activating group) is 1. The van der Waals surface area contributed by atoms with E-state index < -0.39 is 0 Å². The number of ether oxygens (including phenoxy) is 2. The number of nitrogens with zero attached hydrogens (tertiary/aromatic N) is 1. The maximum absolute atomic E-state index is 5.74. The lowest BCUT2D eigenvalue weighted by Gasteiger charge is -2.20. The summed E-state index contributed by atoms with van der Waals surface area (Å²) in [5, 5.41) is 0. The fourth-order valence-electron chi connectivity index (χ4n) is 2.25. The molecule has 1 heterocycles. The molecule has 1 aliphatic heterocycles. The molecule has 3 heteroatoms. The Balaban J connectivity index is 1.65. The largest absolute Gasteiger partial charge is 0.492 e. The lowest BCUT2D eigenvalue weighted by atomic mass is 10.2. The van der Waals surface area contributed by atoms with Gasteiger partial charge < -0.3 is 14.4 Å². The first-order chi connectivity index (χ1) is 8.74. The van der Waals surface area contributed by atoms with Gasteiger partial charge in [-0.05, 0) is 44.5 Å². The third-order valence-electron chi connectivity index (χ3n) is 3.27. The summed E-state index contributed by atoms with van der Waals surface area (Å²) in [6.45, 7) is 5.69. The summed E-state index contributed by atoms with van der Waals surface area (Å²) in [6.07, 6.45) is 2.83. The van der Waals surface area contributed by atoms with Crippen LogP contribution in [0.15, 0.2) is 24.3 Å². The van der Waals surface area contributed by atoms with Gasteiger partial charge in [0.15, 0.2) is 0 Å². The van der Waals surface area contributed by atoms with E-state index in [0.717, 1.165) is 32.1 Å². The van der Waals surface area contributed by atoms with Crippen LogP contribution in [-0.4, -0.2) is 44.4 Å². The number of aryl methyl sites for hydroxylation is 1. The maximum Gasteiger partial charge on any atom is 0.119 e. The van der Waals surface area contributed by atoms with Crippen LogP contribution < -0.4 is 4.74 Å². The molecule has 0 aromatic heterocycles. The van der Waals surface area contributed by atoms with E-state index in [1.165, 1.54) is 18.4 Å². The van der Waals surface area contributed by atoms with E-state index in [4.69, 9.17) is 9.47 Å². The standard InChI is InChI=1S/C15H23NO2/c1-13-5-3-6-14(11-13)18-10-8-16(2)12-15-7-4-9-17-15/h3,5-6,11,15H,4,7-10,12H2,1-2H3. The minimum absolute atomic E-state index is 0.425. The van der Waals surface area contributed by atoms with Gasteiger partial charge in [0.05, 0.1) is 6.10 Å². The van der Waals surface area contributed by atoms with Crippen molar-refractivity contribution >= 4 is 0 Å². The predicted molar refractivity (Wildman–Crippen MR) is 73.1 cm³/mol. The molecule has 1 fully saturated rings. The Kier molecular flexibility index (Phi) is 5.02. The Morgan fingerprint density at radius 1 is 1.44 bits per heavy atom. The van der Waals surface area contributed by atoms with Crippen molar-refractivity contribution in [1.82, 2.24) is 4.90 Å². The van der Waals surface area contributed by atoms with Crippen molar-refractivity contribution in [3.63, 3.8) is 0 Å². The fourth-order valence-corrected chi connectivity index (χ4v) is 2.25. The van der Waals surface area contributed by atoms with E-state index >= 15 is 0 Å². The van der Waals surface area contributed by atoms with Crippen molar-refractivity contribution in [1.29, 1.82) is 0 Å². The molecule has 1 saturated heterocycles. The molecule has 1 aliphatic rings. The van der Waals surface area contributed by atoms with E-state index in [1.54, 1.807) is 0 Å². The molecule has 1 unspecified atom stereocenters. The highest BCUT2D eigenvalue weighted by Crippen LogP contribution is 2.14. The summed E-state index contributed by atoms with van der Waals surface area (Å²) >= 11 is 0. The number of hydrogen-bond acceptors (Lipinski definition) is 3. The Hall–Kier alpha value is -1.06. The predicted octanol–water partition coefficient (Wildman–Crippen LogP) is 2.48. The fraction of sp³-hybridized carbons (Fsp3) is 0.600. The SMILES string of the molecule is Cc1cccc(OCCN(C)CC2CCCO2)c1. The molecule has 2 rings (SSSR count). The highest BCUT2D eigenvalue weighted by molar-refractivity contribution is 5.27. The van der Waals surface area contributed by atoms with Gasteiger partial charge in [0.2, 0.25) is 0 Å². The van der Waals surface area contributed by atoms with Crippen molar-refractivity contribution in [3.8, 4) is 5.75 Å². The van der Waals surface area contributed by atoms with E-state index in [0.29, 0.717) is 6.10 Å².